The van der Waals surface area contributed by atoms with E-state index in [4.69, 9.17) is 14.2 Å². The van der Waals surface area contributed by atoms with Crippen molar-refractivity contribution in [3.05, 3.63) is 54.3 Å². The molecule has 0 aromatic carbocycles. The molecule has 0 amide bonds. The number of aromatic nitrogens is 1. The highest BCUT2D eigenvalue weighted by atomic mass is 16.6. The van der Waals surface area contributed by atoms with Crippen molar-refractivity contribution < 1.29 is 14.2 Å². The lowest BCUT2D eigenvalue weighted by Crippen LogP contribution is -2.37. The summed E-state index contributed by atoms with van der Waals surface area (Å²) in [6.07, 6.45) is 7.70. The van der Waals surface area contributed by atoms with E-state index in [1.807, 2.05) is 25.1 Å². The van der Waals surface area contributed by atoms with Crippen LogP contribution in [0.25, 0.3) is 0 Å². The van der Waals surface area contributed by atoms with E-state index < -0.39 is 0 Å². The summed E-state index contributed by atoms with van der Waals surface area (Å²) < 4.78 is 17.0. The maximum atomic E-state index is 5.92. The summed E-state index contributed by atoms with van der Waals surface area (Å²) in [5.74, 6) is 1.26. The summed E-state index contributed by atoms with van der Waals surface area (Å²) in [5.41, 5.74) is 2.29. The third kappa shape index (κ3) is 4.24. The van der Waals surface area contributed by atoms with Gasteiger partial charge in [0.2, 0.25) is 0 Å². The summed E-state index contributed by atoms with van der Waals surface area (Å²) in [7, 11) is 0. The topological polar surface area (TPSA) is 43.8 Å². The molecule has 2 aliphatic rings. The van der Waals surface area contributed by atoms with Gasteiger partial charge in [-0.1, -0.05) is 24.8 Å². The number of rotatable bonds is 5. The number of allylic oxidation sites excluding steroid dienone is 2. The van der Waals surface area contributed by atoms with E-state index in [9.17, 15) is 0 Å². The van der Waals surface area contributed by atoms with E-state index in [1.54, 1.807) is 6.20 Å². The van der Waals surface area contributed by atoms with E-state index in [1.165, 1.54) is 5.57 Å². The largest absolute Gasteiger partial charge is 0.484 e. The number of nitrogens with zero attached hydrogens (tertiary/aromatic N) is 2. The van der Waals surface area contributed by atoms with Crippen LogP contribution in [0.5, 0.6) is 11.6 Å². The van der Waals surface area contributed by atoms with Gasteiger partial charge in [0.1, 0.15) is 6.61 Å². The Morgan fingerprint density at radius 3 is 3.00 bits per heavy atom. The molecule has 0 spiro atoms. The standard InChI is InChI=1S/C19H24N2O3/c1-3-16(13-21-9-11-22-12-10-21)7-6-15(2)18-14-23-17-5-4-8-20-19(17)24-18/h3-8,18H,1,9-14H2,2H3/b15-6+,16-7+/t18-/m1/s1. The van der Waals surface area contributed by atoms with Gasteiger partial charge in [-0.3, -0.25) is 4.90 Å². The Hall–Kier alpha value is -2.11. The molecule has 3 rings (SSSR count). The summed E-state index contributed by atoms with van der Waals surface area (Å²) in [5, 5.41) is 0. The molecule has 5 heteroatoms. The summed E-state index contributed by atoms with van der Waals surface area (Å²) >= 11 is 0. The molecule has 2 aliphatic heterocycles. The first-order valence-corrected chi connectivity index (χ1v) is 8.30. The molecule has 1 aromatic rings. The van der Waals surface area contributed by atoms with Crippen molar-refractivity contribution in [1.82, 2.24) is 9.88 Å². The van der Waals surface area contributed by atoms with Crippen LogP contribution in [0.15, 0.2) is 54.3 Å². The zero-order chi connectivity index (χ0) is 16.8. The lowest BCUT2D eigenvalue weighted by atomic mass is 10.1. The SMILES string of the molecule is C=C/C(=C\C=C(/C)[C@H]1COc2cccnc2O1)CN1CCOCC1. The second kappa shape index (κ2) is 8.13. The van der Waals surface area contributed by atoms with Crippen LogP contribution in [0.4, 0.5) is 0 Å². The lowest BCUT2D eigenvalue weighted by Gasteiger charge is -2.27. The monoisotopic (exact) mass is 328 g/mol. The average molecular weight is 328 g/mol. The number of fused-ring (bicyclic) bond motifs is 1. The second-order valence-corrected chi connectivity index (χ2v) is 5.97. The van der Waals surface area contributed by atoms with E-state index in [-0.39, 0.29) is 6.10 Å². The number of hydrogen-bond donors (Lipinski definition) is 0. The van der Waals surface area contributed by atoms with Crippen molar-refractivity contribution in [3.63, 3.8) is 0 Å². The van der Waals surface area contributed by atoms with Crippen LogP contribution in [0.2, 0.25) is 0 Å². The van der Waals surface area contributed by atoms with Crippen LogP contribution in [0, 0.1) is 0 Å². The minimum absolute atomic E-state index is 0.113. The normalized spacial score (nSPS) is 22.3. The van der Waals surface area contributed by atoms with E-state index in [2.05, 4.69) is 28.6 Å². The van der Waals surface area contributed by atoms with Gasteiger partial charge in [0, 0.05) is 25.8 Å². The van der Waals surface area contributed by atoms with Crippen LogP contribution < -0.4 is 9.47 Å². The van der Waals surface area contributed by atoms with Crippen molar-refractivity contribution >= 4 is 0 Å². The number of pyridine rings is 1. The Bertz CT molecular complexity index is 633. The van der Waals surface area contributed by atoms with Gasteiger partial charge < -0.3 is 14.2 Å². The summed E-state index contributed by atoms with van der Waals surface area (Å²) in [6, 6.07) is 3.71. The molecule has 1 saturated heterocycles. The highest BCUT2D eigenvalue weighted by Gasteiger charge is 2.22. The van der Waals surface area contributed by atoms with E-state index in [0.717, 1.165) is 38.4 Å². The molecular weight excluding hydrogens is 304 g/mol. The van der Waals surface area contributed by atoms with Gasteiger partial charge in [-0.15, -0.1) is 0 Å². The van der Waals surface area contributed by atoms with Gasteiger partial charge in [-0.05, 0) is 30.2 Å². The third-order valence-corrected chi connectivity index (χ3v) is 4.22. The number of ether oxygens (including phenoxy) is 3. The summed E-state index contributed by atoms with van der Waals surface area (Å²) in [4.78, 5) is 6.59. The minimum atomic E-state index is -0.113. The molecule has 1 atom stereocenters. The number of hydrogen-bond acceptors (Lipinski definition) is 5. The predicted octanol–water partition coefficient (Wildman–Crippen LogP) is 2.61. The Balaban J connectivity index is 1.62. The third-order valence-electron chi connectivity index (χ3n) is 4.22. The molecule has 24 heavy (non-hydrogen) atoms. The Morgan fingerprint density at radius 1 is 1.38 bits per heavy atom. The molecule has 0 unspecified atom stereocenters. The van der Waals surface area contributed by atoms with Crippen LogP contribution in [0.1, 0.15) is 6.92 Å². The first-order chi connectivity index (χ1) is 11.8. The molecule has 0 bridgehead atoms. The highest BCUT2D eigenvalue weighted by molar-refractivity contribution is 5.36. The molecule has 3 heterocycles. The quantitative estimate of drug-likeness (QED) is 0.778. The van der Waals surface area contributed by atoms with Crippen molar-refractivity contribution in [2.75, 3.05) is 39.5 Å². The van der Waals surface area contributed by atoms with E-state index >= 15 is 0 Å². The van der Waals surface area contributed by atoms with Gasteiger partial charge in [-0.25, -0.2) is 4.98 Å². The van der Waals surface area contributed by atoms with Gasteiger partial charge in [-0.2, -0.15) is 0 Å². The van der Waals surface area contributed by atoms with Gasteiger partial charge in [0.25, 0.3) is 5.88 Å². The first-order valence-electron chi connectivity index (χ1n) is 8.30. The lowest BCUT2D eigenvalue weighted by molar-refractivity contribution is 0.0426. The molecular formula is C19H24N2O3. The zero-order valence-electron chi connectivity index (χ0n) is 14.1. The zero-order valence-corrected chi connectivity index (χ0v) is 14.1. The maximum absolute atomic E-state index is 5.92. The fraction of sp³-hybridized carbons (Fsp3) is 0.421. The van der Waals surface area contributed by atoms with E-state index in [0.29, 0.717) is 18.2 Å². The van der Waals surface area contributed by atoms with Crippen LogP contribution in [-0.4, -0.2) is 55.4 Å². The fourth-order valence-electron chi connectivity index (χ4n) is 2.68. The van der Waals surface area contributed by atoms with Crippen LogP contribution in [-0.2, 0) is 4.74 Å². The molecule has 1 aromatic heterocycles. The Morgan fingerprint density at radius 2 is 2.21 bits per heavy atom. The van der Waals surface area contributed by atoms with Gasteiger partial charge in [0.15, 0.2) is 11.9 Å². The summed E-state index contributed by atoms with van der Waals surface area (Å²) in [6.45, 7) is 10.9. The second-order valence-electron chi connectivity index (χ2n) is 5.97. The molecule has 0 radical (unpaired) electrons. The molecule has 5 nitrogen and oxygen atoms in total. The van der Waals surface area contributed by atoms with Crippen molar-refractivity contribution in [3.8, 4) is 11.6 Å². The smallest absolute Gasteiger partial charge is 0.257 e. The van der Waals surface area contributed by atoms with Crippen LogP contribution >= 0.6 is 0 Å². The van der Waals surface area contributed by atoms with Gasteiger partial charge in [0.05, 0.1) is 13.2 Å². The minimum Gasteiger partial charge on any atom is -0.484 e. The van der Waals surface area contributed by atoms with Crippen molar-refractivity contribution in [2.24, 2.45) is 0 Å². The molecule has 1 fully saturated rings. The van der Waals surface area contributed by atoms with Gasteiger partial charge >= 0.3 is 0 Å². The average Bonchev–Trinajstić information content (AvgIpc) is 2.65. The highest BCUT2D eigenvalue weighted by Crippen LogP contribution is 2.30. The Labute approximate surface area is 143 Å². The molecule has 0 N–H and O–H groups in total. The maximum Gasteiger partial charge on any atom is 0.257 e. The Kier molecular flexibility index (Phi) is 5.67. The molecule has 128 valence electrons. The molecule has 0 saturated carbocycles. The first kappa shape index (κ1) is 16.7. The fourth-order valence-corrected chi connectivity index (χ4v) is 2.68. The predicted molar refractivity (Wildman–Crippen MR) is 93.4 cm³/mol. The van der Waals surface area contributed by atoms with Crippen molar-refractivity contribution in [1.29, 1.82) is 0 Å². The number of morpholine rings is 1. The van der Waals surface area contributed by atoms with Crippen molar-refractivity contribution in [2.45, 2.75) is 13.0 Å². The van der Waals surface area contributed by atoms with Crippen LogP contribution in [0.3, 0.4) is 0 Å². The molecule has 0 aliphatic carbocycles.